The molecule has 5 nitrogen and oxygen atoms in total. The van der Waals surface area contributed by atoms with E-state index in [9.17, 15) is 0 Å². The number of nitrogens with one attached hydrogen (secondary N) is 1. The Labute approximate surface area is 87.0 Å². The third-order valence-electron chi connectivity index (χ3n) is 2.02. The molecule has 0 aliphatic rings. The van der Waals surface area contributed by atoms with Crippen LogP contribution >= 0.6 is 0 Å². The number of anilines is 1. The van der Waals surface area contributed by atoms with E-state index in [0.717, 1.165) is 5.69 Å². The summed E-state index contributed by atoms with van der Waals surface area (Å²) in [6.07, 6.45) is 4.91. The summed E-state index contributed by atoms with van der Waals surface area (Å²) in [6.45, 7) is 0. The summed E-state index contributed by atoms with van der Waals surface area (Å²) in [7, 11) is 1.75. The van der Waals surface area contributed by atoms with E-state index in [4.69, 9.17) is 5.26 Å². The average Bonchev–Trinajstić information content (AvgIpc) is 2.72. The molecule has 74 valence electrons. The number of nitrogens with zero attached hydrogens (tertiary/aromatic N) is 4. The van der Waals surface area contributed by atoms with E-state index < -0.39 is 0 Å². The topological polar surface area (TPSA) is 66.5 Å². The zero-order valence-electron chi connectivity index (χ0n) is 8.18. The lowest BCUT2D eigenvalue weighted by Crippen LogP contribution is -2.03. The summed E-state index contributed by atoms with van der Waals surface area (Å²) >= 11 is 0. The molecule has 0 fully saturated rings. The molecule has 0 aliphatic heterocycles. The molecule has 1 N–H and O–H groups in total. The highest BCUT2D eigenvalue weighted by atomic mass is 15.3. The van der Waals surface area contributed by atoms with E-state index in [1.807, 2.05) is 12.1 Å². The van der Waals surface area contributed by atoms with Crippen LogP contribution < -0.4 is 5.32 Å². The van der Waals surface area contributed by atoms with Crippen molar-refractivity contribution in [3.63, 3.8) is 0 Å². The SMILES string of the molecule is CNc1c(C#N)cnn1-c1cccnc1. The van der Waals surface area contributed by atoms with Gasteiger partial charge in [-0.3, -0.25) is 4.98 Å². The van der Waals surface area contributed by atoms with Crippen LogP contribution in [0.15, 0.2) is 30.7 Å². The van der Waals surface area contributed by atoms with Crippen molar-refractivity contribution in [2.24, 2.45) is 0 Å². The van der Waals surface area contributed by atoms with Gasteiger partial charge in [0.25, 0.3) is 0 Å². The Morgan fingerprint density at radius 2 is 2.33 bits per heavy atom. The summed E-state index contributed by atoms with van der Waals surface area (Å²) in [6, 6.07) is 5.77. The number of aromatic nitrogens is 3. The predicted molar refractivity (Wildman–Crippen MR) is 55.6 cm³/mol. The molecule has 0 atom stereocenters. The summed E-state index contributed by atoms with van der Waals surface area (Å²) in [5, 5.41) is 15.9. The van der Waals surface area contributed by atoms with E-state index in [-0.39, 0.29) is 0 Å². The van der Waals surface area contributed by atoms with Crippen LogP contribution in [0.4, 0.5) is 5.82 Å². The number of rotatable bonds is 2. The van der Waals surface area contributed by atoms with Gasteiger partial charge in [0.2, 0.25) is 0 Å². The zero-order valence-corrected chi connectivity index (χ0v) is 8.18. The molecule has 0 bridgehead atoms. The standard InChI is InChI=1S/C10H9N5/c1-12-10-8(5-11)6-14-15(10)9-3-2-4-13-7-9/h2-4,6-7,12H,1H3. The lowest BCUT2D eigenvalue weighted by atomic mass is 10.3. The second kappa shape index (κ2) is 3.80. The van der Waals surface area contributed by atoms with Crippen LogP contribution in [0.25, 0.3) is 5.69 Å². The molecular weight excluding hydrogens is 190 g/mol. The van der Waals surface area contributed by atoms with Gasteiger partial charge in [0.15, 0.2) is 0 Å². The normalized spacial score (nSPS) is 9.60. The van der Waals surface area contributed by atoms with Gasteiger partial charge < -0.3 is 5.32 Å². The maximum Gasteiger partial charge on any atom is 0.147 e. The molecule has 0 aliphatic carbocycles. The minimum atomic E-state index is 0.515. The first-order chi connectivity index (χ1) is 7.36. The average molecular weight is 199 g/mol. The molecule has 0 amide bonds. The van der Waals surface area contributed by atoms with Crippen LogP contribution in [0.5, 0.6) is 0 Å². The number of nitriles is 1. The third-order valence-corrected chi connectivity index (χ3v) is 2.02. The van der Waals surface area contributed by atoms with Crippen molar-refractivity contribution in [1.29, 1.82) is 5.26 Å². The van der Waals surface area contributed by atoms with Crippen LogP contribution in [-0.4, -0.2) is 21.8 Å². The van der Waals surface area contributed by atoms with Crippen molar-refractivity contribution in [2.45, 2.75) is 0 Å². The lowest BCUT2D eigenvalue weighted by Gasteiger charge is -2.05. The molecule has 0 aromatic carbocycles. The Kier molecular flexibility index (Phi) is 2.33. The van der Waals surface area contributed by atoms with Gasteiger partial charge in [-0.25, -0.2) is 4.68 Å². The zero-order chi connectivity index (χ0) is 10.7. The summed E-state index contributed by atoms with van der Waals surface area (Å²) in [4.78, 5) is 4.00. The molecule has 2 heterocycles. The van der Waals surface area contributed by atoms with E-state index in [1.165, 1.54) is 6.20 Å². The first-order valence-corrected chi connectivity index (χ1v) is 4.43. The van der Waals surface area contributed by atoms with Crippen molar-refractivity contribution in [2.75, 3.05) is 12.4 Å². The smallest absolute Gasteiger partial charge is 0.147 e. The molecule has 2 aromatic rings. The van der Waals surface area contributed by atoms with Crippen molar-refractivity contribution < 1.29 is 0 Å². The van der Waals surface area contributed by atoms with Crippen LogP contribution in [0.2, 0.25) is 0 Å². The molecule has 0 radical (unpaired) electrons. The van der Waals surface area contributed by atoms with Gasteiger partial charge in [-0.05, 0) is 12.1 Å². The van der Waals surface area contributed by atoms with E-state index >= 15 is 0 Å². The van der Waals surface area contributed by atoms with Crippen molar-refractivity contribution >= 4 is 5.82 Å². The maximum absolute atomic E-state index is 8.85. The van der Waals surface area contributed by atoms with Crippen molar-refractivity contribution in [3.05, 3.63) is 36.3 Å². The monoisotopic (exact) mass is 199 g/mol. The van der Waals surface area contributed by atoms with Gasteiger partial charge in [0.1, 0.15) is 17.5 Å². The third kappa shape index (κ3) is 1.53. The Balaban J connectivity index is 2.55. The van der Waals surface area contributed by atoms with Crippen LogP contribution in [0, 0.1) is 11.3 Å². The fraction of sp³-hybridized carbons (Fsp3) is 0.100. The van der Waals surface area contributed by atoms with E-state index in [2.05, 4.69) is 21.5 Å². The van der Waals surface area contributed by atoms with Crippen molar-refractivity contribution in [1.82, 2.24) is 14.8 Å². The molecule has 2 rings (SSSR count). The fourth-order valence-corrected chi connectivity index (χ4v) is 1.35. The number of hydrogen-bond acceptors (Lipinski definition) is 4. The molecule has 2 aromatic heterocycles. The van der Waals surface area contributed by atoms with Gasteiger partial charge >= 0.3 is 0 Å². The first kappa shape index (κ1) is 9.21. The Morgan fingerprint density at radius 3 is 2.93 bits per heavy atom. The highest BCUT2D eigenvalue weighted by Crippen LogP contribution is 2.17. The fourth-order valence-electron chi connectivity index (χ4n) is 1.35. The number of pyridine rings is 1. The summed E-state index contributed by atoms with van der Waals surface area (Å²) in [5.41, 5.74) is 1.34. The first-order valence-electron chi connectivity index (χ1n) is 4.43. The lowest BCUT2D eigenvalue weighted by molar-refractivity contribution is 0.878. The van der Waals surface area contributed by atoms with Gasteiger partial charge in [0, 0.05) is 13.2 Å². The summed E-state index contributed by atoms with van der Waals surface area (Å²) < 4.78 is 1.64. The number of hydrogen-bond donors (Lipinski definition) is 1. The Bertz CT molecular complexity index is 494. The summed E-state index contributed by atoms with van der Waals surface area (Å²) in [5.74, 6) is 0.672. The second-order valence-electron chi connectivity index (χ2n) is 2.89. The van der Waals surface area contributed by atoms with Gasteiger partial charge in [-0.2, -0.15) is 10.4 Å². The molecule has 5 heteroatoms. The van der Waals surface area contributed by atoms with Crippen LogP contribution in [0.1, 0.15) is 5.56 Å². The highest BCUT2D eigenvalue weighted by molar-refractivity contribution is 5.55. The van der Waals surface area contributed by atoms with Gasteiger partial charge in [-0.15, -0.1) is 0 Å². The molecule has 0 unspecified atom stereocenters. The molecule has 15 heavy (non-hydrogen) atoms. The predicted octanol–water partition coefficient (Wildman–Crippen LogP) is 1.18. The molecular formula is C10H9N5. The Morgan fingerprint density at radius 1 is 1.47 bits per heavy atom. The van der Waals surface area contributed by atoms with Gasteiger partial charge in [0.05, 0.1) is 18.1 Å². The maximum atomic E-state index is 8.85. The van der Waals surface area contributed by atoms with Crippen LogP contribution in [-0.2, 0) is 0 Å². The Hall–Kier alpha value is -2.35. The van der Waals surface area contributed by atoms with E-state index in [0.29, 0.717) is 11.4 Å². The van der Waals surface area contributed by atoms with Crippen molar-refractivity contribution in [3.8, 4) is 11.8 Å². The highest BCUT2D eigenvalue weighted by Gasteiger charge is 2.09. The quantitative estimate of drug-likeness (QED) is 0.788. The minimum absolute atomic E-state index is 0.515. The largest absolute Gasteiger partial charge is 0.372 e. The van der Waals surface area contributed by atoms with E-state index in [1.54, 1.807) is 24.1 Å². The van der Waals surface area contributed by atoms with Gasteiger partial charge in [-0.1, -0.05) is 0 Å². The molecule has 0 saturated carbocycles. The van der Waals surface area contributed by atoms with Crippen LogP contribution in [0.3, 0.4) is 0 Å². The minimum Gasteiger partial charge on any atom is -0.372 e. The molecule has 0 spiro atoms. The second-order valence-corrected chi connectivity index (χ2v) is 2.89. The molecule has 0 saturated heterocycles.